The minimum Gasteiger partial charge on any atom is -0.395 e. The second-order valence-corrected chi connectivity index (χ2v) is 3.54. The number of hydrogen-bond acceptors (Lipinski definition) is 8. The van der Waals surface area contributed by atoms with Crippen molar-refractivity contribution in [1.82, 2.24) is 14.0 Å². The average Bonchev–Trinajstić information content (AvgIpc) is 2.51. The van der Waals surface area contributed by atoms with Crippen LogP contribution in [0.1, 0.15) is 0 Å². The highest BCUT2D eigenvalue weighted by atomic mass is 16.7. The van der Waals surface area contributed by atoms with E-state index in [1.54, 1.807) is 0 Å². The molecule has 1 aromatic heterocycles. The lowest BCUT2D eigenvalue weighted by molar-refractivity contribution is -0.143. The van der Waals surface area contributed by atoms with Crippen LogP contribution in [-0.2, 0) is 16.1 Å². The summed E-state index contributed by atoms with van der Waals surface area (Å²) in [6, 6.07) is 0. The molecule has 0 aliphatic rings. The molecule has 0 radical (unpaired) electrons. The van der Waals surface area contributed by atoms with Gasteiger partial charge >= 0.3 is 29.0 Å². The van der Waals surface area contributed by atoms with Crippen molar-refractivity contribution < 1.29 is 24.4 Å². The van der Waals surface area contributed by atoms with Crippen molar-refractivity contribution in [2.45, 2.75) is 6.54 Å². The van der Waals surface area contributed by atoms with Crippen LogP contribution in [-0.4, -0.2) is 37.7 Å². The van der Waals surface area contributed by atoms with Crippen molar-refractivity contribution in [3.8, 4) is 0 Å². The molecule has 11 nitrogen and oxygen atoms in total. The molecule has 118 valence electrons. The van der Waals surface area contributed by atoms with Crippen molar-refractivity contribution in [2.24, 2.45) is 0 Å². The maximum atomic E-state index is 11.9. The highest BCUT2D eigenvalue weighted by Gasteiger charge is 2.20. The van der Waals surface area contributed by atoms with Gasteiger partial charge in [-0.3, -0.25) is 0 Å². The first-order valence-electron chi connectivity index (χ1n) is 5.66. The lowest BCUT2D eigenvalue weighted by Crippen LogP contribution is -2.59. The molecule has 1 N–H and O–H groups in total. The zero-order valence-corrected chi connectivity index (χ0v) is 11.1. The van der Waals surface area contributed by atoms with Gasteiger partial charge in [-0.05, 0) is 0 Å². The molecule has 0 saturated heterocycles. The standard InChI is InChI=1S/C11H11N3O8/c1-3-7(16)21-13-9(18)12(5-6-15)10(19)14(11(13)20)22-8(17)4-2/h3-4,15H,1-2,5-6H2. The van der Waals surface area contributed by atoms with E-state index in [1.807, 2.05) is 0 Å². The highest BCUT2D eigenvalue weighted by molar-refractivity contribution is 5.81. The van der Waals surface area contributed by atoms with Crippen molar-refractivity contribution in [1.29, 1.82) is 0 Å². The van der Waals surface area contributed by atoms with E-state index < -0.39 is 42.2 Å². The Balaban J connectivity index is 3.66. The van der Waals surface area contributed by atoms with Gasteiger partial charge in [0, 0.05) is 12.2 Å². The summed E-state index contributed by atoms with van der Waals surface area (Å²) in [6.45, 7) is 4.97. The molecule has 11 heteroatoms. The zero-order valence-electron chi connectivity index (χ0n) is 11.1. The molecular weight excluding hydrogens is 302 g/mol. The Kier molecular flexibility index (Phi) is 5.35. The summed E-state index contributed by atoms with van der Waals surface area (Å²) in [6.07, 6.45) is 1.32. The summed E-state index contributed by atoms with van der Waals surface area (Å²) < 4.78 is 0.100. The van der Waals surface area contributed by atoms with E-state index in [0.717, 1.165) is 0 Å². The summed E-state index contributed by atoms with van der Waals surface area (Å²) in [5.74, 6) is -2.34. The first-order valence-corrected chi connectivity index (χ1v) is 5.66. The van der Waals surface area contributed by atoms with Crippen LogP contribution < -0.4 is 26.7 Å². The summed E-state index contributed by atoms with van der Waals surface area (Å²) in [5, 5.41) is 8.83. The van der Waals surface area contributed by atoms with Gasteiger partial charge in [0.2, 0.25) is 0 Å². The minimum atomic E-state index is -1.53. The molecule has 0 bridgehead atoms. The van der Waals surface area contributed by atoms with Crippen molar-refractivity contribution >= 4 is 11.9 Å². The Bertz CT molecular complexity index is 737. The number of carbonyl (C=O) groups excluding carboxylic acids is 2. The van der Waals surface area contributed by atoms with Crippen molar-refractivity contribution in [3.05, 3.63) is 56.8 Å². The molecule has 0 fully saturated rings. The largest absolute Gasteiger partial charge is 0.404 e. The molecule has 0 amide bonds. The molecular formula is C11H11N3O8. The predicted molar refractivity (Wildman–Crippen MR) is 69.9 cm³/mol. The van der Waals surface area contributed by atoms with Crippen LogP contribution in [0.5, 0.6) is 0 Å². The van der Waals surface area contributed by atoms with Crippen molar-refractivity contribution in [3.63, 3.8) is 0 Å². The lowest BCUT2D eigenvalue weighted by Gasteiger charge is -2.10. The van der Waals surface area contributed by atoms with Gasteiger partial charge < -0.3 is 14.8 Å². The van der Waals surface area contributed by atoms with Crippen LogP contribution in [0.15, 0.2) is 39.7 Å². The van der Waals surface area contributed by atoms with Gasteiger partial charge in [0.25, 0.3) is 0 Å². The van der Waals surface area contributed by atoms with Gasteiger partial charge in [0.05, 0.1) is 13.2 Å². The number of carbonyl (C=O) groups is 2. The molecule has 1 aromatic rings. The Morgan fingerprint density at radius 1 is 0.955 bits per heavy atom. The molecule has 0 saturated carbocycles. The smallest absolute Gasteiger partial charge is 0.395 e. The molecule has 22 heavy (non-hydrogen) atoms. The fraction of sp³-hybridized carbons (Fsp3) is 0.182. The topological polar surface area (TPSA) is 139 Å². The average molecular weight is 313 g/mol. The second-order valence-electron chi connectivity index (χ2n) is 3.54. The lowest BCUT2D eigenvalue weighted by atomic mass is 10.6. The number of aliphatic hydroxyl groups excluding tert-OH is 1. The van der Waals surface area contributed by atoms with Gasteiger partial charge in [-0.25, -0.2) is 28.5 Å². The van der Waals surface area contributed by atoms with Crippen molar-refractivity contribution in [2.75, 3.05) is 6.61 Å². The Morgan fingerprint density at radius 3 is 1.68 bits per heavy atom. The fourth-order valence-electron chi connectivity index (χ4n) is 1.25. The van der Waals surface area contributed by atoms with E-state index >= 15 is 0 Å². The van der Waals surface area contributed by atoms with Crippen LogP contribution in [0, 0.1) is 0 Å². The van der Waals surface area contributed by atoms with E-state index in [-0.39, 0.29) is 9.46 Å². The first kappa shape index (κ1) is 16.8. The van der Waals surface area contributed by atoms with Crippen LogP contribution in [0.4, 0.5) is 0 Å². The summed E-state index contributed by atoms with van der Waals surface area (Å²) in [7, 11) is 0. The van der Waals surface area contributed by atoms with Crippen LogP contribution >= 0.6 is 0 Å². The number of hydrogen-bond donors (Lipinski definition) is 1. The van der Waals surface area contributed by atoms with Gasteiger partial charge in [-0.1, -0.05) is 22.6 Å². The third kappa shape index (κ3) is 3.27. The van der Waals surface area contributed by atoms with Crippen LogP contribution in [0.25, 0.3) is 0 Å². The number of aromatic nitrogens is 3. The highest BCUT2D eigenvalue weighted by Crippen LogP contribution is 1.76. The van der Waals surface area contributed by atoms with Crippen LogP contribution in [0.3, 0.4) is 0 Å². The maximum absolute atomic E-state index is 11.9. The molecule has 1 rings (SSSR count). The summed E-state index contributed by atoms with van der Waals surface area (Å²) in [5.41, 5.74) is -4.22. The van der Waals surface area contributed by atoms with E-state index in [2.05, 4.69) is 22.8 Å². The van der Waals surface area contributed by atoms with Gasteiger partial charge in [-0.2, -0.15) is 0 Å². The van der Waals surface area contributed by atoms with Gasteiger partial charge in [0.1, 0.15) is 0 Å². The number of nitrogens with zero attached hydrogens (tertiary/aromatic N) is 3. The first-order chi connectivity index (χ1) is 10.4. The molecule has 1 heterocycles. The van der Waals surface area contributed by atoms with E-state index in [4.69, 9.17) is 5.11 Å². The fourth-order valence-corrected chi connectivity index (χ4v) is 1.25. The Hall–Kier alpha value is -3.21. The Morgan fingerprint density at radius 2 is 1.36 bits per heavy atom. The zero-order chi connectivity index (χ0) is 16.9. The third-order valence-corrected chi connectivity index (χ3v) is 2.18. The van der Waals surface area contributed by atoms with Crippen LogP contribution in [0.2, 0.25) is 0 Å². The second kappa shape index (κ2) is 6.99. The van der Waals surface area contributed by atoms with Gasteiger partial charge in [0.15, 0.2) is 0 Å². The number of aliphatic hydroxyl groups is 1. The quantitative estimate of drug-likeness (QED) is 0.532. The molecule has 0 atom stereocenters. The molecule has 0 aliphatic heterocycles. The van der Waals surface area contributed by atoms with E-state index in [0.29, 0.717) is 16.7 Å². The Labute approximate surface area is 121 Å². The molecule has 0 aromatic carbocycles. The van der Waals surface area contributed by atoms with E-state index in [1.165, 1.54) is 0 Å². The molecule has 0 unspecified atom stereocenters. The van der Waals surface area contributed by atoms with E-state index in [9.17, 15) is 24.0 Å². The summed E-state index contributed by atoms with van der Waals surface area (Å²) >= 11 is 0. The molecule has 0 aliphatic carbocycles. The summed E-state index contributed by atoms with van der Waals surface area (Å²) in [4.78, 5) is 66.7. The predicted octanol–water partition coefficient (Wildman–Crippen LogP) is -3.55. The number of rotatable bonds is 6. The normalized spacial score (nSPS) is 9.86. The van der Waals surface area contributed by atoms with Gasteiger partial charge in [-0.15, -0.1) is 0 Å². The molecule has 0 spiro atoms. The minimum absolute atomic E-state index is 0.114. The third-order valence-electron chi connectivity index (χ3n) is 2.18. The maximum Gasteiger partial charge on any atom is 0.404 e. The monoisotopic (exact) mass is 313 g/mol. The SMILES string of the molecule is C=CC(=O)On1c(=O)n(CCO)c(=O)n(OC(=O)C=C)c1=O.